The van der Waals surface area contributed by atoms with Crippen molar-refractivity contribution in [2.45, 2.75) is 13.8 Å². The van der Waals surface area contributed by atoms with E-state index >= 15 is 0 Å². The molecule has 2 rings (SSSR count). The predicted molar refractivity (Wildman–Crippen MR) is 102 cm³/mol. The number of para-hydroxylation sites is 1. The summed E-state index contributed by atoms with van der Waals surface area (Å²) in [4.78, 5) is 12.4. The van der Waals surface area contributed by atoms with E-state index in [-0.39, 0.29) is 5.57 Å². The summed E-state index contributed by atoms with van der Waals surface area (Å²) in [7, 11) is 1.57. The minimum absolute atomic E-state index is 0.00131. The van der Waals surface area contributed by atoms with Crippen LogP contribution in [0.1, 0.15) is 19.4 Å². The average Bonchev–Trinajstić information content (AvgIpc) is 2.65. The maximum Gasteiger partial charge on any atom is 0.266 e. The van der Waals surface area contributed by atoms with Gasteiger partial charge >= 0.3 is 0 Å². The number of carbonyl (C=O) groups excluding carboxylic acids is 1. The van der Waals surface area contributed by atoms with Crippen LogP contribution in [-0.2, 0) is 4.79 Å². The summed E-state index contributed by atoms with van der Waals surface area (Å²) in [6.45, 7) is 4.67. The van der Waals surface area contributed by atoms with E-state index in [0.29, 0.717) is 35.3 Å². The molecule has 5 heteroatoms. The van der Waals surface area contributed by atoms with Crippen LogP contribution in [-0.4, -0.2) is 19.6 Å². The average molecular weight is 350 g/mol. The number of amides is 1. The lowest BCUT2D eigenvalue weighted by Gasteiger charge is -2.11. The molecule has 0 bridgehead atoms. The summed E-state index contributed by atoms with van der Waals surface area (Å²) >= 11 is 0. The van der Waals surface area contributed by atoms with Crippen molar-refractivity contribution in [1.82, 2.24) is 0 Å². The number of anilines is 1. The topological polar surface area (TPSA) is 71.3 Å². The standard InChI is InChI=1S/C21H22N2O3/c1-15(2)14-26-20-7-5-4-6-16(20)12-17(13-22)21(24)23-18-8-10-19(25-3)11-9-18/h4-12,15H,14H2,1-3H3,(H,23,24)/b17-12+. The third-order valence-corrected chi connectivity index (χ3v) is 3.50. The van der Waals surface area contributed by atoms with E-state index in [4.69, 9.17) is 9.47 Å². The van der Waals surface area contributed by atoms with Gasteiger partial charge in [0.1, 0.15) is 23.1 Å². The molecule has 0 atom stereocenters. The molecule has 2 aromatic rings. The molecule has 0 aliphatic carbocycles. The Morgan fingerprint density at radius 2 is 1.88 bits per heavy atom. The molecular weight excluding hydrogens is 328 g/mol. The molecule has 0 saturated carbocycles. The first-order valence-corrected chi connectivity index (χ1v) is 8.32. The number of rotatable bonds is 7. The predicted octanol–water partition coefficient (Wildman–Crippen LogP) is 4.28. The molecule has 26 heavy (non-hydrogen) atoms. The largest absolute Gasteiger partial charge is 0.497 e. The molecule has 0 fully saturated rings. The second-order valence-corrected chi connectivity index (χ2v) is 6.10. The first kappa shape index (κ1) is 19.1. The van der Waals surface area contributed by atoms with Crippen molar-refractivity contribution in [2.24, 2.45) is 5.92 Å². The Hall–Kier alpha value is -3.26. The summed E-state index contributed by atoms with van der Waals surface area (Å²) in [5.74, 6) is 1.23. The molecule has 0 radical (unpaired) electrons. The smallest absolute Gasteiger partial charge is 0.266 e. The fourth-order valence-electron chi connectivity index (χ4n) is 2.16. The monoisotopic (exact) mass is 350 g/mol. The van der Waals surface area contributed by atoms with E-state index in [1.807, 2.05) is 30.3 Å². The fraction of sp³-hybridized carbons (Fsp3) is 0.238. The van der Waals surface area contributed by atoms with Crippen molar-refractivity contribution in [3.8, 4) is 17.6 Å². The van der Waals surface area contributed by atoms with E-state index < -0.39 is 5.91 Å². The molecule has 0 aromatic heterocycles. The van der Waals surface area contributed by atoms with Crippen molar-refractivity contribution in [3.05, 3.63) is 59.7 Å². The molecule has 0 spiro atoms. The number of nitriles is 1. The lowest BCUT2D eigenvalue weighted by Crippen LogP contribution is -2.13. The van der Waals surface area contributed by atoms with Gasteiger partial charge in [0.05, 0.1) is 13.7 Å². The van der Waals surface area contributed by atoms with Crippen LogP contribution in [0.25, 0.3) is 6.08 Å². The van der Waals surface area contributed by atoms with Crippen LogP contribution < -0.4 is 14.8 Å². The second kappa shape index (κ2) is 9.28. The third kappa shape index (κ3) is 5.38. The Morgan fingerprint density at radius 1 is 1.19 bits per heavy atom. The molecule has 0 heterocycles. The van der Waals surface area contributed by atoms with Crippen molar-refractivity contribution in [3.63, 3.8) is 0 Å². The molecule has 0 unspecified atom stereocenters. The molecule has 1 amide bonds. The minimum atomic E-state index is -0.476. The first-order valence-electron chi connectivity index (χ1n) is 8.32. The maximum atomic E-state index is 12.4. The highest BCUT2D eigenvalue weighted by atomic mass is 16.5. The number of nitrogens with zero attached hydrogens (tertiary/aromatic N) is 1. The van der Waals surface area contributed by atoms with Crippen LogP contribution in [0.2, 0.25) is 0 Å². The van der Waals surface area contributed by atoms with E-state index in [2.05, 4.69) is 19.2 Å². The Bertz CT molecular complexity index is 818. The van der Waals surface area contributed by atoms with Gasteiger partial charge in [-0.05, 0) is 42.3 Å². The van der Waals surface area contributed by atoms with Gasteiger partial charge in [0.15, 0.2) is 0 Å². The third-order valence-electron chi connectivity index (χ3n) is 3.50. The van der Waals surface area contributed by atoms with Gasteiger partial charge < -0.3 is 14.8 Å². The quantitative estimate of drug-likeness (QED) is 0.598. The zero-order chi connectivity index (χ0) is 18.9. The fourth-order valence-corrected chi connectivity index (χ4v) is 2.16. The van der Waals surface area contributed by atoms with Gasteiger partial charge in [-0.3, -0.25) is 4.79 Å². The lowest BCUT2D eigenvalue weighted by atomic mass is 10.1. The summed E-state index contributed by atoms with van der Waals surface area (Å²) < 4.78 is 10.9. The Morgan fingerprint density at radius 3 is 2.50 bits per heavy atom. The summed E-state index contributed by atoms with van der Waals surface area (Å²) in [6, 6.07) is 16.2. The van der Waals surface area contributed by atoms with Gasteiger partial charge in [0.25, 0.3) is 5.91 Å². The van der Waals surface area contributed by atoms with E-state index in [9.17, 15) is 10.1 Å². The van der Waals surface area contributed by atoms with Crippen molar-refractivity contribution in [2.75, 3.05) is 19.0 Å². The number of methoxy groups -OCH3 is 1. The number of hydrogen-bond acceptors (Lipinski definition) is 4. The van der Waals surface area contributed by atoms with Crippen LogP contribution >= 0.6 is 0 Å². The van der Waals surface area contributed by atoms with Gasteiger partial charge in [-0.15, -0.1) is 0 Å². The van der Waals surface area contributed by atoms with Gasteiger partial charge in [-0.25, -0.2) is 0 Å². The van der Waals surface area contributed by atoms with Crippen LogP contribution in [0.15, 0.2) is 54.1 Å². The SMILES string of the molecule is COc1ccc(NC(=O)/C(C#N)=C/c2ccccc2OCC(C)C)cc1. The van der Waals surface area contributed by atoms with Crippen molar-refractivity contribution < 1.29 is 14.3 Å². The Balaban J connectivity index is 2.18. The van der Waals surface area contributed by atoms with Gasteiger partial charge in [-0.1, -0.05) is 32.0 Å². The molecule has 0 aliphatic rings. The second-order valence-electron chi connectivity index (χ2n) is 6.10. The van der Waals surface area contributed by atoms with E-state index in [1.165, 1.54) is 6.08 Å². The zero-order valence-electron chi connectivity index (χ0n) is 15.2. The van der Waals surface area contributed by atoms with E-state index in [1.54, 1.807) is 31.4 Å². The molecule has 0 saturated heterocycles. The van der Waals surface area contributed by atoms with Gasteiger partial charge in [-0.2, -0.15) is 5.26 Å². The molecule has 1 N–H and O–H groups in total. The summed E-state index contributed by atoms with van der Waals surface area (Å²) in [5, 5.41) is 12.1. The molecule has 134 valence electrons. The highest BCUT2D eigenvalue weighted by molar-refractivity contribution is 6.09. The summed E-state index contributed by atoms with van der Waals surface area (Å²) in [5.41, 5.74) is 1.28. The molecule has 2 aromatic carbocycles. The molecule has 5 nitrogen and oxygen atoms in total. The number of benzene rings is 2. The first-order chi connectivity index (χ1) is 12.5. The Labute approximate surface area is 153 Å². The van der Waals surface area contributed by atoms with Gasteiger partial charge in [0.2, 0.25) is 0 Å². The number of hydrogen-bond donors (Lipinski definition) is 1. The number of ether oxygens (including phenoxy) is 2. The number of carbonyl (C=O) groups is 1. The van der Waals surface area contributed by atoms with E-state index in [0.717, 1.165) is 0 Å². The van der Waals surface area contributed by atoms with Crippen LogP contribution in [0.3, 0.4) is 0 Å². The molecule has 0 aliphatic heterocycles. The van der Waals surface area contributed by atoms with Crippen molar-refractivity contribution >= 4 is 17.7 Å². The summed E-state index contributed by atoms with van der Waals surface area (Å²) in [6.07, 6.45) is 1.54. The zero-order valence-corrected chi connectivity index (χ0v) is 15.2. The highest BCUT2D eigenvalue weighted by Gasteiger charge is 2.11. The maximum absolute atomic E-state index is 12.4. The minimum Gasteiger partial charge on any atom is -0.497 e. The van der Waals surface area contributed by atoms with Crippen LogP contribution in [0.5, 0.6) is 11.5 Å². The Kier molecular flexibility index (Phi) is 6.81. The molecular formula is C21H22N2O3. The van der Waals surface area contributed by atoms with Crippen molar-refractivity contribution in [1.29, 1.82) is 5.26 Å². The normalized spacial score (nSPS) is 11.0. The van der Waals surface area contributed by atoms with Crippen LogP contribution in [0.4, 0.5) is 5.69 Å². The van der Waals surface area contributed by atoms with Gasteiger partial charge in [0, 0.05) is 11.3 Å². The highest BCUT2D eigenvalue weighted by Crippen LogP contribution is 2.22. The lowest BCUT2D eigenvalue weighted by molar-refractivity contribution is -0.112. The number of nitrogens with one attached hydrogen (secondary N) is 1. The van der Waals surface area contributed by atoms with Crippen LogP contribution in [0, 0.1) is 17.2 Å².